The molecule has 0 N–H and O–H groups in total. The molecule has 0 bridgehead atoms. The molecule has 14 heavy (non-hydrogen) atoms. The first-order chi connectivity index (χ1) is 6.61. The number of hydrogen-bond acceptors (Lipinski definition) is 0. The zero-order chi connectivity index (χ0) is 10.6. The number of nitrogens with zero attached hydrogens (tertiary/aromatic N) is 1. The third kappa shape index (κ3) is 2.84. The molecule has 1 heterocycles. The maximum absolute atomic E-state index is 3.97. The predicted octanol–water partition coefficient (Wildman–Crippen LogP) is 2.97. The van der Waals surface area contributed by atoms with E-state index in [1.54, 1.807) is 0 Å². The molecule has 74 valence electrons. The van der Waals surface area contributed by atoms with Crippen LogP contribution in [0.2, 0.25) is 0 Å². The van der Waals surface area contributed by atoms with Crippen molar-refractivity contribution in [2.75, 3.05) is 0 Å². The Kier molecular flexibility index (Phi) is 3.63. The highest BCUT2D eigenvalue weighted by molar-refractivity contribution is 5.54. The van der Waals surface area contributed by atoms with E-state index < -0.39 is 0 Å². The van der Waals surface area contributed by atoms with Crippen molar-refractivity contribution in [1.82, 2.24) is 0 Å². The van der Waals surface area contributed by atoms with E-state index in [4.69, 9.17) is 0 Å². The lowest BCUT2D eigenvalue weighted by Gasteiger charge is -2.02. The van der Waals surface area contributed by atoms with Gasteiger partial charge >= 0.3 is 0 Å². The molecule has 0 amide bonds. The monoisotopic (exact) mass is 188 g/mol. The first-order valence-corrected chi connectivity index (χ1v) is 4.90. The first-order valence-electron chi connectivity index (χ1n) is 4.90. The fourth-order valence-corrected chi connectivity index (χ4v) is 1.37. The summed E-state index contributed by atoms with van der Waals surface area (Å²) in [6.45, 7) is 13.0. The van der Waals surface area contributed by atoms with Crippen LogP contribution in [0.25, 0.3) is 5.57 Å². The van der Waals surface area contributed by atoms with Crippen LogP contribution in [0, 0.1) is 0 Å². The first kappa shape index (κ1) is 10.7. The molecule has 0 aliphatic heterocycles. The van der Waals surface area contributed by atoms with Gasteiger partial charge in [0.1, 0.15) is 0 Å². The van der Waals surface area contributed by atoms with Gasteiger partial charge in [-0.25, -0.2) is 0 Å². The summed E-state index contributed by atoms with van der Waals surface area (Å²) < 4.78 is 2.22. The number of aromatic nitrogens is 1. The van der Waals surface area contributed by atoms with Crippen LogP contribution in [0.1, 0.15) is 26.0 Å². The SMILES string of the molecule is C=C(C)CC[n+]1ccccc1C(=C)C. The summed E-state index contributed by atoms with van der Waals surface area (Å²) in [6, 6.07) is 6.19. The highest BCUT2D eigenvalue weighted by Gasteiger charge is 2.08. The van der Waals surface area contributed by atoms with Crippen LogP contribution in [0.4, 0.5) is 0 Å². The molecule has 0 aliphatic carbocycles. The van der Waals surface area contributed by atoms with E-state index in [9.17, 15) is 0 Å². The van der Waals surface area contributed by atoms with Crippen LogP contribution < -0.4 is 4.57 Å². The van der Waals surface area contributed by atoms with Crippen molar-refractivity contribution in [2.24, 2.45) is 0 Å². The lowest BCUT2D eigenvalue weighted by atomic mass is 10.2. The van der Waals surface area contributed by atoms with Crippen LogP contribution in [-0.4, -0.2) is 0 Å². The molecule has 0 spiro atoms. The largest absolute Gasteiger partial charge is 0.207 e. The number of hydrogen-bond donors (Lipinski definition) is 0. The van der Waals surface area contributed by atoms with Crippen molar-refractivity contribution in [3.63, 3.8) is 0 Å². The summed E-state index contributed by atoms with van der Waals surface area (Å²) in [5.41, 5.74) is 3.52. The molecule has 0 atom stereocenters. The fraction of sp³-hybridized carbons (Fsp3) is 0.308. The minimum atomic E-state index is 0.984. The number of pyridine rings is 1. The number of rotatable bonds is 4. The second-order valence-electron chi connectivity index (χ2n) is 3.77. The van der Waals surface area contributed by atoms with Crippen LogP contribution in [0.5, 0.6) is 0 Å². The third-order valence-electron chi connectivity index (χ3n) is 2.16. The van der Waals surface area contributed by atoms with Gasteiger partial charge < -0.3 is 0 Å². The molecular weight excluding hydrogens is 170 g/mol. The van der Waals surface area contributed by atoms with Gasteiger partial charge in [-0.3, -0.25) is 0 Å². The van der Waals surface area contributed by atoms with Gasteiger partial charge in [0.25, 0.3) is 0 Å². The topological polar surface area (TPSA) is 3.88 Å². The zero-order valence-corrected chi connectivity index (χ0v) is 9.09. The van der Waals surface area contributed by atoms with Gasteiger partial charge in [0, 0.05) is 24.1 Å². The molecule has 1 rings (SSSR count). The van der Waals surface area contributed by atoms with E-state index in [1.165, 1.54) is 11.3 Å². The van der Waals surface area contributed by atoms with E-state index in [-0.39, 0.29) is 0 Å². The molecule has 1 nitrogen and oxygen atoms in total. The third-order valence-corrected chi connectivity index (χ3v) is 2.16. The Morgan fingerprint density at radius 3 is 2.57 bits per heavy atom. The van der Waals surface area contributed by atoms with E-state index >= 15 is 0 Å². The normalized spacial score (nSPS) is 9.86. The smallest absolute Gasteiger partial charge is 0.198 e. The average molecular weight is 188 g/mol. The molecule has 0 saturated carbocycles. The zero-order valence-electron chi connectivity index (χ0n) is 9.09. The van der Waals surface area contributed by atoms with Gasteiger partial charge in [0.05, 0.1) is 0 Å². The molecular formula is C13H18N+. The van der Waals surface area contributed by atoms with Crippen molar-refractivity contribution in [3.8, 4) is 0 Å². The Morgan fingerprint density at radius 2 is 2.00 bits per heavy atom. The van der Waals surface area contributed by atoms with Crippen LogP contribution in [0.15, 0.2) is 43.1 Å². The molecule has 0 saturated heterocycles. The summed E-state index contributed by atoms with van der Waals surface area (Å²) in [6.07, 6.45) is 3.11. The predicted molar refractivity (Wildman–Crippen MR) is 60.8 cm³/mol. The Labute approximate surface area is 86.4 Å². The summed E-state index contributed by atoms with van der Waals surface area (Å²) in [4.78, 5) is 0. The minimum absolute atomic E-state index is 0.984. The quantitative estimate of drug-likeness (QED) is 0.505. The van der Waals surface area contributed by atoms with Gasteiger partial charge in [0.2, 0.25) is 5.69 Å². The minimum Gasteiger partial charge on any atom is -0.198 e. The summed E-state index contributed by atoms with van der Waals surface area (Å²) >= 11 is 0. The van der Waals surface area contributed by atoms with Crippen LogP contribution >= 0.6 is 0 Å². The highest BCUT2D eigenvalue weighted by atomic mass is 14.9. The van der Waals surface area contributed by atoms with Gasteiger partial charge in [-0.15, -0.1) is 0 Å². The molecule has 1 heteroatoms. The lowest BCUT2D eigenvalue weighted by molar-refractivity contribution is -0.698. The van der Waals surface area contributed by atoms with Crippen molar-refractivity contribution < 1.29 is 4.57 Å². The van der Waals surface area contributed by atoms with Gasteiger partial charge in [0.15, 0.2) is 12.7 Å². The average Bonchev–Trinajstić information content (AvgIpc) is 2.15. The summed E-state index contributed by atoms with van der Waals surface area (Å²) in [5, 5.41) is 0. The number of allylic oxidation sites excluding steroid dienone is 2. The Hall–Kier alpha value is -1.37. The van der Waals surface area contributed by atoms with Crippen LogP contribution in [-0.2, 0) is 6.54 Å². The Bertz CT molecular complexity index is 350. The second kappa shape index (κ2) is 4.75. The molecule has 1 aromatic heterocycles. The van der Waals surface area contributed by atoms with E-state index in [1.807, 2.05) is 19.1 Å². The summed E-state index contributed by atoms with van der Waals surface area (Å²) in [7, 11) is 0. The summed E-state index contributed by atoms with van der Waals surface area (Å²) in [5.74, 6) is 0. The number of aryl methyl sites for hydroxylation is 1. The highest BCUT2D eigenvalue weighted by Crippen LogP contribution is 2.05. The standard InChI is InChI=1S/C13H18N/c1-11(2)8-10-14-9-6-5-7-13(14)12(3)4/h5-7,9H,1,3,8,10H2,2,4H3/q+1. The molecule has 0 radical (unpaired) electrons. The van der Waals surface area contributed by atoms with Gasteiger partial charge in [-0.05, 0) is 19.9 Å². The van der Waals surface area contributed by atoms with Crippen molar-refractivity contribution in [2.45, 2.75) is 26.8 Å². The molecule has 0 aromatic carbocycles. The molecule has 0 fully saturated rings. The molecule has 1 aromatic rings. The van der Waals surface area contributed by atoms with E-state index in [0.717, 1.165) is 18.5 Å². The second-order valence-corrected chi connectivity index (χ2v) is 3.77. The Morgan fingerprint density at radius 1 is 1.29 bits per heavy atom. The molecule has 0 aliphatic rings. The van der Waals surface area contributed by atoms with Crippen LogP contribution in [0.3, 0.4) is 0 Å². The van der Waals surface area contributed by atoms with E-state index in [2.05, 4.69) is 36.9 Å². The van der Waals surface area contributed by atoms with Crippen molar-refractivity contribution >= 4 is 5.57 Å². The molecule has 0 unspecified atom stereocenters. The van der Waals surface area contributed by atoms with Crippen molar-refractivity contribution in [3.05, 3.63) is 48.8 Å². The maximum atomic E-state index is 3.97. The Balaban J connectivity index is 2.84. The maximum Gasteiger partial charge on any atom is 0.207 e. The van der Waals surface area contributed by atoms with E-state index in [0.29, 0.717) is 0 Å². The van der Waals surface area contributed by atoms with Gasteiger partial charge in [-0.2, -0.15) is 4.57 Å². The lowest BCUT2D eigenvalue weighted by Crippen LogP contribution is -2.37. The van der Waals surface area contributed by atoms with Crippen molar-refractivity contribution in [1.29, 1.82) is 0 Å². The fourth-order valence-electron chi connectivity index (χ4n) is 1.37. The van der Waals surface area contributed by atoms with Gasteiger partial charge in [-0.1, -0.05) is 18.7 Å².